The molecule has 2 unspecified atom stereocenters. The number of anilines is 1. The van der Waals surface area contributed by atoms with E-state index in [9.17, 15) is 24.9 Å². The summed E-state index contributed by atoms with van der Waals surface area (Å²) < 4.78 is 7.88. The second kappa shape index (κ2) is 8.73. The monoisotopic (exact) mass is 618 g/mol. The van der Waals surface area contributed by atoms with E-state index in [1.54, 1.807) is 22.5 Å². The first-order valence-electron chi connectivity index (χ1n) is 12.3. The zero-order chi connectivity index (χ0) is 26.2. The quantitative estimate of drug-likeness (QED) is 0.199. The van der Waals surface area contributed by atoms with Crippen LogP contribution in [0.5, 0.6) is 0 Å². The Balaban J connectivity index is 1.60. The van der Waals surface area contributed by atoms with Gasteiger partial charge in [-0.1, -0.05) is 6.92 Å². The summed E-state index contributed by atoms with van der Waals surface area (Å²) in [6.07, 6.45) is -0.561. The molecule has 1 fully saturated rings. The van der Waals surface area contributed by atoms with Crippen LogP contribution in [0.25, 0.3) is 22.3 Å². The number of nitrogens with two attached hydrogens (primary N) is 1. The predicted octanol–water partition coefficient (Wildman–Crippen LogP) is 1.37. The van der Waals surface area contributed by atoms with Crippen LogP contribution in [0.2, 0.25) is 0 Å². The maximum absolute atomic E-state index is 13.7. The minimum absolute atomic E-state index is 0.0217. The molecular formula is C26H27IN4O6. The first-order chi connectivity index (χ1) is 17.7. The Morgan fingerprint density at radius 2 is 2.11 bits per heavy atom. The van der Waals surface area contributed by atoms with Crippen molar-refractivity contribution in [3.8, 4) is 11.4 Å². The number of pyridine rings is 2. The van der Waals surface area contributed by atoms with Crippen LogP contribution in [0, 0.1) is 3.57 Å². The number of amides is 1. The van der Waals surface area contributed by atoms with Gasteiger partial charge in [-0.3, -0.25) is 9.59 Å². The molecule has 1 amide bonds. The molecule has 1 aromatic carbocycles. The minimum Gasteiger partial charge on any atom is -0.398 e. The molecule has 2 aromatic heterocycles. The van der Waals surface area contributed by atoms with E-state index >= 15 is 0 Å². The van der Waals surface area contributed by atoms with Gasteiger partial charge in [0.05, 0.1) is 30.1 Å². The SMILES string of the molecule is CC[C@]1(O)c2cc3n(c(=O)c2COC1O)Cc1c-3nc2cc(I)c(N)cc2c1C1CCN(C(=O)CO)C1. The fourth-order valence-corrected chi connectivity index (χ4v) is 6.50. The number of carbonyl (C=O) groups excluding carboxylic acids is 1. The third kappa shape index (κ3) is 3.55. The molecule has 3 atom stereocenters. The minimum atomic E-state index is -1.70. The molecule has 37 heavy (non-hydrogen) atoms. The number of ether oxygens (including phenoxy) is 1. The van der Waals surface area contributed by atoms with E-state index in [-0.39, 0.29) is 30.4 Å². The topological polar surface area (TPSA) is 151 Å². The van der Waals surface area contributed by atoms with Crippen molar-refractivity contribution in [2.75, 3.05) is 25.4 Å². The number of halogens is 1. The van der Waals surface area contributed by atoms with Gasteiger partial charge in [-0.25, -0.2) is 4.98 Å². The van der Waals surface area contributed by atoms with Crippen LogP contribution in [0.1, 0.15) is 47.9 Å². The highest BCUT2D eigenvalue weighted by Gasteiger charge is 2.45. The second-order valence-electron chi connectivity index (χ2n) is 9.98. The van der Waals surface area contributed by atoms with Gasteiger partial charge in [-0.2, -0.15) is 0 Å². The third-order valence-corrected chi connectivity index (χ3v) is 9.03. The molecule has 0 aliphatic carbocycles. The van der Waals surface area contributed by atoms with Crippen LogP contribution in [0.4, 0.5) is 5.69 Å². The van der Waals surface area contributed by atoms with Gasteiger partial charge >= 0.3 is 0 Å². The normalized spacial score (nSPS) is 24.3. The first kappa shape index (κ1) is 24.7. The molecule has 194 valence electrons. The molecule has 10 nitrogen and oxygen atoms in total. The van der Waals surface area contributed by atoms with Crippen molar-refractivity contribution in [3.05, 3.63) is 54.4 Å². The average Bonchev–Trinajstić information content (AvgIpc) is 3.51. The molecule has 0 radical (unpaired) electrons. The number of aliphatic hydroxyl groups is 3. The van der Waals surface area contributed by atoms with Crippen molar-refractivity contribution in [2.45, 2.75) is 50.7 Å². The third-order valence-electron chi connectivity index (χ3n) is 8.09. The van der Waals surface area contributed by atoms with Crippen LogP contribution in [0.15, 0.2) is 23.0 Å². The van der Waals surface area contributed by atoms with E-state index in [1.165, 1.54) is 0 Å². The van der Waals surface area contributed by atoms with Crippen LogP contribution in [-0.4, -0.2) is 61.7 Å². The number of aliphatic hydroxyl groups excluding tert-OH is 2. The van der Waals surface area contributed by atoms with Gasteiger partial charge < -0.3 is 35.3 Å². The van der Waals surface area contributed by atoms with Crippen molar-refractivity contribution < 1.29 is 24.9 Å². The first-order valence-corrected chi connectivity index (χ1v) is 13.4. The summed E-state index contributed by atoms with van der Waals surface area (Å²) in [5, 5.41) is 31.9. The van der Waals surface area contributed by atoms with Crippen molar-refractivity contribution in [1.82, 2.24) is 14.5 Å². The molecule has 6 rings (SSSR count). The summed E-state index contributed by atoms with van der Waals surface area (Å²) in [5.41, 5.74) is 9.47. The highest BCUT2D eigenvalue weighted by molar-refractivity contribution is 14.1. The lowest BCUT2D eigenvalue weighted by atomic mass is 9.85. The molecule has 3 aliphatic heterocycles. The fraction of sp³-hybridized carbons (Fsp3) is 0.423. The number of nitrogens with zero attached hydrogens (tertiary/aromatic N) is 3. The number of likely N-dealkylation sites (tertiary alicyclic amines) is 1. The van der Waals surface area contributed by atoms with Crippen LogP contribution < -0.4 is 11.3 Å². The molecule has 0 saturated carbocycles. The van der Waals surface area contributed by atoms with Crippen molar-refractivity contribution in [1.29, 1.82) is 0 Å². The Hall–Kier alpha value is -2.58. The van der Waals surface area contributed by atoms with E-state index in [0.29, 0.717) is 54.3 Å². The summed E-state index contributed by atoms with van der Waals surface area (Å²) in [6, 6.07) is 5.59. The number of hydrogen-bond acceptors (Lipinski definition) is 8. The van der Waals surface area contributed by atoms with Crippen LogP contribution in [0.3, 0.4) is 0 Å². The Bertz CT molecular complexity index is 1540. The highest BCUT2D eigenvalue weighted by atomic mass is 127. The Kier molecular flexibility index (Phi) is 5.84. The number of aromatic nitrogens is 2. The predicted molar refractivity (Wildman–Crippen MR) is 144 cm³/mol. The molecule has 0 bridgehead atoms. The lowest BCUT2D eigenvalue weighted by molar-refractivity contribution is -0.236. The molecule has 5 heterocycles. The van der Waals surface area contributed by atoms with Crippen molar-refractivity contribution in [3.63, 3.8) is 0 Å². The molecule has 3 aliphatic rings. The zero-order valence-electron chi connectivity index (χ0n) is 20.2. The lowest BCUT2D eigenvalue weighted by Crippen LogP contribution is -2.47. The van der Waals surface area contributed by atoms with Gasteiger partial charge in [-0.05, 0) is 59.2 Å². The molecule has 11 heteroatoms. The van der Waals surface area contributed by atoms with Crippen molar-refractivity contribution >= 4 is 45.1 Å². The fourth-order valence-electron chi connectivity index (χ4n) is 6.05. The highest BCUT2D eigenvalue weighted by Crippen LogP contribution is 2.44. The van der Waals surface area contributed by atoms with E-state index in [1.807, 2.05) is 12.1 Å². The van der Waals surface area contributed by atoms with E-state index in [0.717, 1.165) is 25.6 Å². The largest absolute Gasteiger partial charge is 0.398 e. The smallest absolute Gasteiger partial charge is 0.257 e. The molecule has 0 spiro atoms. The average molecular weight is 618 g/mol. The number of hydrogen-bond donors (Lipinski definition) is 4. The van der Waals surface area contributed by atoms with Gasteiger partial charge in [0.2, 0.25) is 5.91 Å². The number of nitrogen functional groups attached to an aromatic ring is 1. The van der Waals surface area contributed by atoms with Gasteiger partial charge in [0.1, 0.15) is 12.2 Å². The number of rotatable bonds is 3. The van der Waals surface area contributed by atoms with E-state index < -0.39 is 18.5 Å². The number of benzene rings is 1. The van der Waals surface area contributed by atoms with Gasteiger partial charge in [0.25, 0.3) is 5.56 Å². The van der Waals surface area contributed by atoms with Crippen LogP contribution >= 0.6 is 22.6 Å². The van der Waals surface area contributed by atoms with Gasteiger partial charge in [0, 0.05) is 50.3 Å². The molecule has 5 N–H and O–H groups in total. The van der Waals surface area contributed by atoms with Crippen molar-refractivity contribution in [2.24, 2.45) is 0 Å². The lowest BCUT2D eigenvalue weighted by Gasteiger charge is -2.37. The van der Waals surface area contributed by atoms with Gasteiger partial charge in [-0.15, -0.1) is 0 Å². The molecular weight excluding hydrogens is 591 g/mol. The maximum atomic E-state index is 13.7. The molecule has 3 aromatic rings. The Morgan fingerprint density at radius 3 is 2.84 bits per heavy atom. The number of fused-ring (bicyclic) bond motifs is 5. The van der Waals surface area contributed by atoms with Crippen LogP contribution in [-0.2, 0) is 28.3 Å². The Labute approximate surface area is 225 Å². The summed E-state index contributed by atoms with van der Waals surface area (Å²) in [4.78, 5) is 32.5. The standard InChI is InChI=1S/C26H27IN4O6/c1-2-26(36)16-6-20-23-14(9-31(20)24(34)15(16)11-37-25(26)35)22(12-3-4-30(8-12)21(33)10-32)13-5-18(28)17(27)7-19(13)29-23/h5-7,12,25,32,35-36H,2-4,8-11,28H2,1H3/t12?,25?,26-/m0/s1. The zero-order valence-corrected chi connectivity index (χ0v) is 22.4. The second-order valence-corrected chi connectivity index (χ2v) is 11.1. The van der Waals surface area contributed by atoms with E-state index in [2.05, 4.69) is 22.6 Å². The van der Waals surface area contributed by atoms with Gasteiger partial charge in [0.15, 0.2) is 6.29 Å². The Morgan fingerprint density at radius 1 is 1.32 bits per heavy atom. The van der Waals surface area contributed by atoms with E-state index in [4.69, 9.17) is 15.5 Å². The summed E-state index contributed by atoms with van der Waals surface area (Å²) in [7, 11) is 0. The summed E-state index contributed by atoms with van der Waals surface area (Å²) in [6.45, 7) is 2.38. The summed E-state index contributed by atoms with van der Waals surface area (Å²) in [5.74, 6) is -0.331. The molecule has 1 saturated heterocycles. The maximum Gasteiger partial charge on any atom is 0.257 e. The summed E-state index contributed by atoms with van der Waals surface area (Å²) >= 11 is 2.17. The number of carbonyl (C=O) groups is 1.